The van der Waals surface area contributed by atoms with Crippen LogP contribution in [0, 0.1) is 10.1 Å². The molecule has 6 heteroatoms. The van der Waals surface area contributed by atoms with Crippen molar-refractivity contribution in [2.45, 2.75) is 45.4 Å². The topological polar surface area (TPSA) is 81.1 Å². The second-order valence-corrected chi connectivity index (χ2v) is 8.26. The minimum atomic E-state index is -0.403. The number of benzene rings is 3. The van der Waals surface area contributed by atoms with E-state index in [1.165, 1.54) is 44.2 Å². The lowest BCUT2D eigenvalue weighted by atomic mass is 10.0. The maximum atomic E-state index is 11.0. The quantitative estimate of drug-likeness (QED) is 0.147. The number of imidazole rings is 1. The number of unbranched alkanes of at least 4 members (excludes halogenated alkanes) is 5. The van der Waals surface area contributed by atoms with E-state index < -0.39 is 4.92 Å². The van der Waals surface area contributed by atoms with Crippen LogP contribution in [0.3, 0.4) is 0 Å². The maximum Gasteiger partial charge on any atom is 0.271 e. The molecule has 0 amide bonds. The second-order valence-electron chi connectivity index (χ2n) is 8.26. The summed E-state index contributed by atoms with van der Waals surface area (Å²) in [4.78, 5) is 18.3. The first-order chi connectivity index (χ1) is 16.1. The molecule has 6 nitrogen and oxygen atoms in total. The van der Waals surface area contributed by atoms with Crippen molar-refractivity contribution in [3.05, 3.63) is 76.8 Å². The zero-order chi connectivity index (χ0) is 23.0. The SMILES string of the molecule is CCCCCCCCOc1ccc(-c2ccc(-c3nc4ccc([N+](=O)[O-])cc4[nH]3)cc2)cc1. The van der Waals surface area contributed by atoms with Gasteiger partial charge in [-0.3, -0.25) is 10.1 Å². The standard InChI is InChI=1S/C27H29N3O3/c1-2-3-4-5-6-7-18-33-24-15-12-21(13-16-24)20-8-10-22(11-9-20)27-28-25-17-14-23(30(31)32)19-26(25)29-27/h8-17,19H,2-7,18H2,1H3,(H,28,29). The first-order valence-electron chi connectivity index (χ1n) is 11.6. The summed E-state index contributed by atoms with van der Waals surface area (Å²) in [5, 5.41) is 11.0. The lowest BCUT2D eigenvalue weighted by Gasteiger charge is -2.08. The number of nitro benzene ring substituents is 1. The predicted octanol–water partition coefficient (Wildman–Crippen LogP) is 7.54. The molecule has 4 rings (SSSR count). The Morgan fingerprint density at radius 2 is 1.48 bits per heavy atom. The Kier molecular flexibility index (Phi) is 7.35. The predicted molar refractivity (Wildman–Crippen MR) is 132 cm³/mol. The molecule has 0 radical (unpaired) electrons. The van der Waals surface area contributed by atoms with Crippen LogP contribution in [0.4, 0.5) is 5.69 Å². The molecule has 1 heterocycles. The summed E-state index contributed by atoms with van der Waals surface area (Å²) in [6.07, 6.45) is 7.54. The molecule has 1 aromatic heterocycles. The minimum Gasteiger partial charge on any atom is -0.494 e. The number of rotatable bonds is 11. The summed E-state index contributed by atoms with van der Waals surface area (Å²) in [5.41, 5.74) is 4.56. The molecule has 170 valence electrons. The summed E-state index contributed by atoms with van der Waals surface area (Å²) in [7, 11) is 0. The number of nitrogens with one attached hydrogen (secondary N) is 1. The van der Waals surface area contributed by atoms with Gasteiger partial charge in [0.1, 0.15) is 11.6 Å². The van der Waals surface area contributed by atoms with Gasteiger partial charge in [0.2, 0.25) is 0 Å². The highest BCUT2D eigenvalue weighted by Crippen LogP contribution is 2.27. The molecule has 0 saturated carbocycles. The molecule has 0 aliphatic heterocycles. The van der Waals surface area contributed by atoms with Gasteiger partial charge < -0.3 is 9.72 Å². The molecule has 0 fully saturated rings. The van der Waals surface area contributed by atoms with Crippen LogP contribution in [0.25, 0.3) is 33.5 Å². The van der Waals surface area contributed by atoms with Crippen molar-refractivity contribution in [2.75, 3.05) is 6.61 Å². The normalized spacial score (nSPS) is 11.1. The summed E-state index contributed by atoms with van der Waals surface area (Å²) in [5.74, 6) is 1.59. The van der Waals surface area contributed by atoms with Gasteiger partial charge in [-0.25, -0.2) is 4.98 Å². The Labute approximate surface area is 193 Å². The summed E-state index contributed by atoms with van der Waals surface area (Å²) >= 11 is 0. The lowest BCUT2D eigenvalue weighted by molar-refractivity contribution is -0.384. The van der Waals surface area contributed by atoms with Crippen LogP contribution in [0.5, 0.6) is 5.75 Å². The van der Waals surface area contributed by atoms with Crippen LogP contribution in [-0.4, -0.2) is 21.5 Å². The molecule has 3 aromatic carbocycles. The average molecular weight is 444 g/mol. The second kappa shape index (κ2) is 10.8. The highest BCUT2D eigenvalue weighted by atomic mass is 16.6. The Morgan fingerprint density at radius 1 is 0.848 bits per heavy atom. The van der Waals surface area contributed by atoms with Crippen LogP contribution in [0.1, 0.15) is 45.4 Å². The van der Waals surface area contributed by atoms with Crippen LogP contribution >= 0.6 is 0 Å². The first-order valence-corrected chi connectivity index (χ1v) is 11.6. The van der Waals surface area contributed by atoms with Gasteiger partial charge in [-0.05, 0) is 35.7 Å². The maximum absolute atomic E-state index is 11.0. The van der Waals surface area contributed by atoms with E-state index in [9.17, 15) is 10.1 Å². The number of H-pyrrole nitrogens is 1. The molecule has 0 bridgehead atoms. The molecular weight excluding hydrogens is 414 g/mol. The van der Waals surface area contributed by atoms with Crippen molar-refractivity contribution in [3.8, 4) is 28.3 Å². The largest absolute Gasteiger partial charge is 0.494 e. The van der Waals surface area contributed by atoms with E-state index in [-0.39, 0.29) is 5.69 Å². The monoisotopic (exact) mass is 443 g/mol. The number of ether oxygens (including phenoxy) is 1. The van der Waals surface area contributed by atoms with Crippen LogP contribution in [0.2, 0.25) is 0 Å². The van der Waals surface area contributed by atoms with Crippen molar-refractivity contribution < 1.29 is 9.66 Å². The van der Waals surface area contributed by atoms with E-state index in [0.29, 0.717) is 16.9 Å². The van der Waals surface area contributed by atoms with Gasteiger partial charge in [0.25, 0.3) is 5.69 Å². The highest BCUT2D eigenvalue weighted by molar-refractivity contribution is 5.82. The molecule has 4 aromatic rings. The van der Waals surface area contributed by atoms with Gasteiger partial charge in [0.05, 0.1) is 22.6 Å². The molecule has 33 heavy (non-hydrogen) atoms. The fraction of sp³-hybridized carbons (Fsp3) is 0.296. The number of fused-ring (bicyclic) bond motifs is 1. The molecule has 1 N–H and O–H groups in total. The molecule has 0 unspecified atom stereocenters. The van der Waals surface area contributed by atoms with E-state index in [1.807, 2.05) is 24.3 Å². The van der Waals surface area contributed by atoms with Gasteiger partial charge in [0.15, 0.2) is 0 Å². The van der Waals surface area contributed by atoms with E-state index in [4.69, 9.17) is 4.74 Å². The third-order valence-electron chi connectivity index (χ3n) is 5.79. The molecular formula is C27H29N3O3. The van der Waals surface area contributed by atoms with Gasteiger partial charge in [-0.15, -0.1) is 0 Å². The smallest absolute Gasteiger partial charge is 0.271 e. The Bertz CT molecular complexity index is 1200. The number of aromatic nitrogens is 2. The van der Waals surface area contributed by atoms with E-state index >= 15 is 0 Å². The fourth-order valence-electron chi connectivity index (χ4n) is 3.88. The lowest BCUT2D eigenvalue weighted by Crippen LogP contribution is -1.97. The van der Waals surface area contributed by atoms with E-state index in [0.717, 1.165) is 35.5 Å². The number of hydrogen-bond donors (Lipinski definition) is 1. The van der Waals surface area contributed by atoms with Crippen molar-refractivity contribution in [3.63, 3.8) is 0 Å². The minimum absolute atomic E-state index is 0.0486. The Hall–Kier alpha value is -3.67. The van der Waals surface area contributed by atoms with Crippen molar-refractivity contribution in [1.82, 2.24) is 9.97 Å². The van der Waals surface area contributed by atoms with Gasteiger partial charge in [-0.1, -0.05) is 75.4 Å². The van der Waals surface area contributed by atoms with Crippen molar-refractivity contribution >= 4 is 16.7 Å². The number of hydrogen-bond acceptors (Lipinski definition) is 4. The molecule has 0 aliphatic carbocycles. The summed E-state index contributed by atoms with van der Waals surface area (Å²) in [6.45, 7) is 3.00. The van der Waals surface area contributed by atoms with Crippen LogP contribution in [0.15, 0.2) is 66.7 Å². The van der Waals surface area contributed by atoms with Gasteiger partial charge >= 0.3 is 0 Å². The average Bonchev–Trinajstić information content (AvgIpc) is 3.27. The zero-order valence-corrected chi connectivity index (χ0v) is 18.9. The Morgan fingerprint density at radius 3 is 2.18 bits per heavy atom. The molecule has 0 spiro atoms. The zero-order valence-electron chi connectivity index (χ0n) is 18.9. The molecule has 0 aliphatic rings. The number of nitrogens with zero attached hydrogens (tertiary/aromatic N) is 2. The summed E-state index contributed by atoms with van der Waals surface area (Å²) in [6, 6.07) is 20.9. The fourth-order valence-corrected chi connectivity index (χ4v) is 3.88. The van der Waals surface area contributed by atoms with E-state index in [2.05, 4.69) is 41.2 Å². The molecule has 0 atom stereocenters. The van der Waals surface area contributed by atoms with Crippen LogP contribution in [-0.2, 0) is 0 Å². The highest BCUT2D eigenvalue weighted by Gasteiger charge is 2.11. The Balaban J connectivity index is 1.36. The number of aromatic amines is 1. The summed E-state index contributed by atoms with van der Waals surface area (Å²) < 4.78 is 5.88. The van der Waals surface area contributed by atoms with Gasteiger partial charge in [-0.2, -0.15) is 0 Å². The van der Waals surface area contributed by atoms with E-state index in [1.54, 1.807) is 6.07 Å². The first kappa shape index (κ1) is 22.5. The third-order valence-corrected chi connectivity index (χ3v) is 5.79. The number of non-ortho nitro benzene ring substituents is 1. The van der Waals surface area contributed by atoms with Crippen LogP contribution < -0.4 is 4.74 Å². The van der Waals surface area contributed by atoms with Gasteiger partial charge in [0, 0.05) is 17.7 Å². The van der Waals surface area contributed by atoms with Crippen molar-refractivity contribution in [2.24, 2.45) is 0 Å². The number of nitro groups is 1. The third kappa shape index (κ3) is 5.77. The molecule has 0 saturated heterocycles. The van der Waals surface area contributed by atoms with Crippen molar-refractivity contribution in [1.29, 1.82) is 0 Å².